The topological polar surface area (TPSA) is 100 Å². The van der Waals surface area contributed by atoms with Crippen molar-refractivity contribution in [1.82, 2.24) is 24.6 Å². The molecular weight excluding hydrogens is 468 g/mol. The number of aromatic nitrogens is 5. The highest BCUT2D eigenvalue weighted by atomic mass is 35.5. The number of methoxy groups -OCH3 is 1. The molecule has 4 heterocycles. The van der Waals surface area contributed by atoms with E-state index < -0.39 is 23.8 Å². The van der Waals surface area contributed by atoms with E-state index in [2.05, 4.69) is 25.5 Å². The van der Waals surface area contributed by atoms with Crippen molar-refractivity contribution >= 4 is 45.6 Å². The average molecular weight is 488 g/mol. The fourth-order valence-electron chi connectivity index (χ4n) is 4.51. The number of anilines is 2. The molecule has 1 aromatic carbocycles. The molecule has 176 valence electrons. The van der Waals surface area contributed by atoms with Crippen molar-refractivity contribution in [3.63, 3.8) is 0 Å². The van der Waals surface area contributed by atoms with E-state index in [-0.39, 0.29) is 23.4 Å². The number of aromatic amines is 1. The monoisotopic (exact) mass is 487 g/mol. The van der Waals surface area contributed by atoms with Crippen LogP contribution in [0, 0.1) is 11.7 Å². The molecule has 2 aliphatic rings. The third kappa shape index (κ3) is 3.38. The van der Waals surface area contributed by atoms with Crippen molar-refractivity contribution in [1.29, 1.82) is 0 Å². The van der Waals surface area contributed by atoms with Gasteiger partial charge in [-0.2, -0.15) is 5.10 Å². The highest BCUT2D eigenvalue weighted by Gasteiger charge is 2.43. The molecular formula is C22H20ClF2N7O2. The second-order valence-electron chi connectivity index (χ2n) is 8.61. The molecule has 3 unspecified atom stereocenters. The number of imidazole rings is 1. The summed E-state index contributed by atoms with van der Waals surface area (Å²) < 4.78 is 35.8. The van der Waals surface area contributed by atoms with E-state index >= 15 is 4.39 Å². The SMILES string of the molecule is COC1CCN(c2c(F)c(Cl)c(-c3cn4cc(NC(=O)C5CC5F)nc4cn3)c3cn[nH]c23)C1. The van der Waals surface area contributed by atoms with Gasteiger partial charge >= 0.3 is 0 Å². The van der Waals surface area contributed by atoms with Crippen LogP contribution in [0.5, 0.6) is 0 Å². The van der Waals surface area contributed by atoms with Crippen LogP contribution in [0.4, 0.5) is 20.3 Å². The fraction of sp³-hybridized carbons (Fsp3) is 0.364. The lowest BCUT2D eigenvalue weighted by atomic mass is 10.0. The minimum Gasteiger partial charge on any atom is -0.380 e. The lowest BCUT2D eigenvalue weighted by Crippen LogP contribution is -2.23. The molecule has 2 fully saturated rings. The van der Waals surface area contributed by atoms with Crippen LogP contribution < -0.4 is 10.2 Å². The molecule has 4 aromatic rings. The zero-order valence-electron chi connectivity index (χ0n) is 18.1. The number of benzene rings is 1. The Kier molecular flexibility index (Phi) is 4.92. The molecule has 6 rings (SSSR count). The smallest absolute Gasteiger partial charge is 0.231 e. The van der Waals surface area contributed by atoms with Gasteiger partial charge in [-0.25, -0.2) is 13.8 Å². The number of fused-ring (bicyclic) bond motifs is 2. The van der Waals surface area contributed by atoms with Gasteiger partial charge in [-0.3, -0.25) is 14.9 Å². The van der Waals surface area contributed by atoms with Crippen LogP contribution in [0.1, 0.15) is 12.8 Å². The van der Waals surface area contributed by atoms with Gasteiger partial charge in [0.25, 0.3) is 0 Å². The predicted molar refractivity (Wildman–Crippen MR) is 122 cm³/mol. The third-order valence-corrected chi connectivity index (χ3v) is 6.81. The average Bonchev–Trinajstić information content (AvgIpc) is 3.23. The van der Waals surface area contributed by atoms with Crippen molar-refractivity contribution < 1.29 is 18.3 Å². The number of carbonyl (C=O) groups excluding carboxylic acids is 1. The highest BCUT2D eigenvalue weighted by molar-refractivity contribution is 6.36. The zero-order chi connectivity index (χ0) is 23.6. The Bertz CT molecular complexity index is 1440. The van der Waals surface area contributed by atoms with Crippen LogP contribution in [-0.2, 0) is 9.53 Å². The van der Waals surface area contributed by atoms with Gasteiger partial charge in [-0.1, -0.05) is 11.6 Å². The summed E-state index contributed by atoms with van der Waals surface area (Å²) in [7, 11) is 1.64. The first-order valence-electron chi connectivity index (χ1n) is 10.9. The van der Waals surface area contributed by atoms with Crippen LogP contribution >= 0.6 is 11.6 Å². The number of halogens is 3. The van der Waals surface area contributed by atoms with E-state index in [9.17, 15) is 9.18 Å². The van der Waals surface area contributed by atoms with Gasteiger partial charge < -0.3 is 19.4 Å². The Morgan fingerprint density at radius 2 is 2.18 bits per heavy atom. The summed E-state index contributed by atoms with van der Waals surface area (Å²) in [6.45, 7) is 1.19. The third-order valence-electron chi connectivity index (χ3n) is 6.46. The second-order valence-corrected chi connectivity index (χ2v) is 8.99. The van der Waals surface area contributed by atoms with Crippen LogP contribution in [-0.4, -0.2) is 62.9 Å². The van der Waals surface area contributed by atoms with Gasteiger partial charge in [0.2, 0.25) is 5.91 Å². The lowest BCUT2D eigenvalue weighted by Gasteiger charge is -2.21. The summed E-state index contributed by atoms with van der Waals surface area (Å²) in [6.07, 6.45) is 6.28. The first kappa shape index (κ1) is 21.2. The molecule has 0 spiro atoms. The van der Waals surface area contributed by atoms with Gasteiger partial charge in [0.05, 0.1) is 46.8 Å². The standard InChI is InChI=1S/C22H20ClF2N7O2/c1-34-10-2-3-31(7-10)21-19(25)18(23)17(12-5-27-30-20(12)21)14-8-32-9-15(28-16(32)6-26-14)29-22(33)11-4-13(11)24/h5-6,8-11,13H,2-4,7H2,1H3,(H,27,30)(H,29,33). The van der Waals surface area contributed by atoms with Crippen LogP contribution in [0.15, 0.2) is 24.8 Å². The quantitative estimate of drug-likeness (QED) is 0.446. The molecule has 1 saturated carbocycles. The van der Waals surface area contributed by atoms with Crippen molar-refractivity contribution in [2.24, 2.45) is 5.92 Å². The molecule has 1 amide bonds. The normalized spacial score (nSPS) is 22.1. The molecule has 3 aromatic heterocycles. The summed E-state index contributed by atoms with van der Waals surface area (Å²) in [5, 5.41) is 10.2. The summed E-state index contributed by atoms with van der Waals surface area (Å²) >= 11 is 6.57. The minimum atomic E-state index is -1.09. The fourth-order valence-corrected chi connectivity index (χ4v) is 4.80. The maximum Gasteiger partial charge on any atom is 0.231 e. The number of rotatable bonds is 5. The number of nitrogens with zero attached hydrogens (tertiary/aromatic N) is 5. The molecule has 1 aliphatic heterocycles. The highest BCUT2D eigenvalue weighted by Crippen LogP contribution is 2.43. The summed E-state index contributed by atoms with van der Waals surface area (Å²) in [6, 6.07) is 0. The second kappa shape index (κ2) is 7.88. The summed E-state index contributed by atoms with van der Waals surface area (Å²) in [5.74, 6) is -1.30. The Morgan fingerprint density at radius 1 is 1.35 bits per heavy atom. The van der Waals surface area contributed by atoms with Gasteiger partial charge in [-0.05, 0) is 12.8 Å². The lowest BCUT2D eigenvalue weighted by molar-refractivity contribution is -0.117. The summed E-state index contributed by atoms with van der Waals surface area (Å²) in [5.41, 5.74) is 2.16. The Hall–Kier alpha value is -3.31. The van der Waals surface area contributed by atoms with Crippen LogP contribution in [0.25, 0.3) is 27.8 Å². The maximum absolute atomic E-state index is 15.6. The molecule has 0 bridgehead atoms. The molecule has 3 atom stereocenters. The number of hydrogen-bond donors (Lipinski definition) is 2. The molecule has 9 nitrogen and oxygen atoms in total. The Balaban J connectivity index is 1.40. The van der Waals surface area contributed by atoms with Gasteiger partial charge in [0, 0.05) is 37.3 Å². The number of ether oxygens (including phenoxy) is 1. The molecule has 2 N–H and O–H groups in total. The molecule has 12 heteroatoms. The molecule has 34 heavy (non-hydrogen) atoms. The van der Waals surface area contributed by atoms with E-state index in [1.165, 1.54) is 6.20 Å². The number of alkyl halides is 1. The van der Waals surface area contributed by atoms with Gasteiger partial charge in [-0.15, -0.1) is 0 Å². The van der Waals surface area contributed by atoms with E-state index in [0.29, 0.717) is 46.6 Å². The van der Waals surface area contributed by atoms with E-state index in [0.717, 1.165) is 6.42 Å². The molecule has 1 aliphatic carbocycles. The van der Waals surface area contributed by atoms with Crippen molar-refractivity contribution in [3.05, 3.63) is 35.6 Å². The van der Waals surface area contributed by atoms with Gasteiger partial charge in [0.1, 0.15) is 11.9 Å². The Labute approximate surface area is 197 Å². The Morgan fingerprint density at radius 3 is 2.91 bits per heavy atom. The maximum atomic E-state index is 15.6. The van der Waals surface area contributed by atoms with Crippen molar-refractivity contribution in [2.45, 2.75) is 25.1 Å². The zero-order valence-corrected chi connectivity index (χ0v) is 18.8. The van der Waals surface area contributed by atoms with E-state index in [1.54, 1.807) is 30.1 Å². The number of H-pyrrole nitrogens is 1. The largest absolute Gasteiger partial charge is 0.380 e. The van der Waals surface area contributed by atoms with Crippen LogP contribution in [0.3, 0.4) is 0 Å². The first-order valence-corrected chi connectivity index (χ1v) is 11.2. The summed E-state index contributed by atoms with van der Waals surface area (Å²) in [4.78, 5) is 22.7. The van der Waals surface area contributed by atoms with Gasteiger partial charge in [0.15, 0.2) is 17.3 Å². The van der Waals surface area contributed by atoms with Crippen molar-refractivity contribution in [2.75, 3.05) is 30.4 Å². The van der Waals surface area contributed by atoms with Crippen molar-refractivity contribution in [3.8, 4) is 11.3 Å². The molecule has 1 saturated heterocycles. The molecule has 0 radical (unpaired) electrons. The number of nitrogens with one attached hydrogen (secondary N) is 2. The minimum absolute atomic E-state index is 0.0199. The number of hydrogen-bond acceptors (Lipinski definition) is 6. The van der Waals surface area contributed by atoms with E-state index in [1.807, 2.05) is 4.90 Å². The first-order chi connectivity index (χ1) is 16.4. The van der Waals surface area contributed by atoms with Crippen LogP contribution in [0.2, 0.25) is 5.02 Å². The number of amides is 1. The predicted octanol–water partition coefficient (Wildman–Crippen LogP) is 3.59. The van der Waals surface area contributed by atoms with E-state index in [4.69, 9.17) is 16.3 Å². The number of carbonyl (C=O) groups is 1.